The van der Waals surface area contributed by atoms with E-state index >= 15 is 4.39 Å². The van der Waals surface area contributed by atoms with Gasteiger partial charge in [0.15, 0.2) is 0 Å². The number of H-pyrrole nitrogens is 1. The lowest BCUT2D eigenvalue weighted by atomic mass is 9.84. The summed E-state index contributed by atoms with van der Waals surface area (Å²) in [7, 11) is 0. The number of aliphatic hydroxyl groups excluding tert-OH is 1. The fourth-order valence-corrected chi connectivity index (χ4v) is 5.38. The monoisotopic (exact) mass is 506 g/mol. The number of pyridine rings is 1. The van der Waals surface area contributed by atoms with E-state index in [0.717, 1.165) is 29.6 Å². The summed E-state index contributed by atoms with van der Waals surface area (Å²) in [5.41, 5.74) is 3.01. The van der Waals surface area contributed by atoms with Gasteiger partial charge in [-0.05, 0) is 37.0 Å². The molecule has 2 aliphatic rings. The number of aliphatic hydroxyl groups is 1. The maximum atomic E-state index is 15.6. The summed E-state index contributed by atoms with van der Waals surface area (Å²) in [5.74, 6) is -3.94. The van der Waals surface area contributed by atoms with Crippen molar-refractivity contribution < 1.29 is 22.7 Å². The van der Waals surface area contributed by atoms with Gasteiger partial charge in [0.05, 0.1) is 54.6 Å². The van der Waals surface area contributed by atoms with Gasteiger partial charge >= 0.3 is 0 Å². The maximum Gasteiger partial charge on any atom is 0.283 e. The van der Waals surface area contributed by atoms with Crippen LogP contribution in [0.15, 0.2) is 30.6 Å². The van der Waals surface area contributed by atoms with Crippen molar-refractivity contribution in [3.63, 3.8) is 0 Å². The first-order chi connectivity index (χ1) is 17.3. The Morgan fingerprint density at radius 1 is 1.25 bits per heavy atom. The highest BCUT2D eigenvalue weighted by Gasteiger charge is 2.42. The molecule has 7 nitrogen and oxygen atoms in total. The van der Waals surface area contributed by atoms with E-state index in [2.05, 4.69) is 25.4 Å². The standard InChI is InChI=1S/C25H30F4N6O/c1-15-7-19-18(3-4-22-20(19)10-31-33-22)24(35(15)13-25(28,29)14-36)23-21(27)8-16(9-30-23)32-17-11-34(12-17)6-2-5-26/h3-4,8-10,15,17,24,32,36H,2,5-7,11-14H2,1H3,(H,31,33)/t15-,24+/m1/s1. The van der Waals surface area contributed by atoms with E-state index in [1.807, 2.05) is 19.1 Å². The van der Waals surface area contributed by atoms with Crippen molar-refractivity contribution in [2.24, 2.45) is 0 Å². The Morgan fingerprint density at radius 3 is 2.78 bits per heavy atom. The molecule has 2 aromatic heterocycles. The van der Waals surface area contributed by atoms with Crippen LogP contribution in [0.3, 0.4) is 0 Å². The Hall–Kier alpha value is -2.76. The molecule has 0 aliphatic carbocycles. The van der Waals surface area contributed by atoms with Gasteiger partial charge in [-0.2, -0.15) is 5.10 Å². The third-order valence-electron chi connectivity index (χ3n) is 7.17. The molecular formula is C25H30F4N6O. The molecule has 194 valence electrons. The van der Waals surface area contributed by atoms with Crippen LogP contribution in [-0.2, 0) is 6.42 Å². The van der Waals surface area contributed by atoms with Gasteiger partial charge in [-0.15, -0.1) is 0 Å². The first kappa shape index (κ1) is 24.9. The predicted molar refractivity (Wildman–Crippen MR) is 128 cm³/mol. The second kappa shape index (κ2) is 9.95. The van der Waals surface area contributed by atoms with Crippen LogP contribution in [0.25, 0.3) is 10.9 Å². The van der Waals surface area contributed by atoms with Crippen molar-refractivity contribution in [3.8, 4) is 0 Å². The zero-order valence-electron chi connectivity index (χ0n) is 20.0. The second-order valence-electron chi connectivity index (χ2n) is 9.84. The van der Waals surface area contributed by atoms with Crippen LogP contribution < -0.4 is 5.32 Å². The van der Waals surface area contributed by atoms with Gasteiger partial charge in [0.1, 0.15) is 12.4 Å². The minimum Gasteiger partial charge on any atom is -0.390 e. The zero-order valence-corrected chi connectivity index (χ0v) is 20.0. The summed E-state index contributed by atoms with van der Waals surface area (Å²) in [6.45, 7) is 1.62. The number of benzene rings is 1. The number of halogens is 4. The smallest absolute Gasteiger partial charge is 0.283 e. The van der Waals surface area contributed by atoms with Crippen molar-refractivity contribution >= 4 is 16.6 Å². The third-order valence-corrected chi connectivity index (χ3v) is 7.17. The number of rotatable bonds is 9. The van der Waals surface area contributed by atoms with Crippen molar-refractivity contribution in [3.05, 3.63) is 53.2 Å². The molecule has 0 radical (unpaired) electrons. The van der Waals surface area contributed by atoms with Crippen molar-refractivity contribution in [2.75, 3.05) is 44.8 Å². The number of nitrogens with zero attached hydrogens (tertiary/aromatic N) is 4. The van der Waals surface area contributed by atoms with Crippen LogP contribution in [0.5, 0.6) is 0 Å². The highest BCUT2D eigenvalue weighted by molar-refractivity contribution is 5.83. The number of aromatic nitrogens is 3. The fraction of sp³-hybridized carbons (Fsp3) is 0.520. The van der Waals surface area contributed by atoms with Crippen LogP contribution in [0, 0.1) is 5.82 Å². The largest absolute Gasteiger partial charge is 0.390 e. The molecule has 0 bridgehead atoms. The van der Waals surface area contributed by atoms with Gasteiger partial charge in [-0.25, -0.2) is 13.2 Å². The number of likely N-dealkylation sites (tertiary alicyclic amines) is 1. The first-order valence-electron chi connectivity index (χ1n) is 12.2. The van der Waals surface area contributed by atoms with E-state index in [1.165, 1.54) is 17.2 Å². The molecule has 3 N–H and O–H groups in total. The summed E-state index contributed by atoms with van der Waals surface area (Å²) in [6, 6.07) is 3.88. The minimum atomic E-state index is -3.35. The number of alkyl halides is 3. The quantitative estimate of drug-likeness (QED) is 0.386. The second-order valence-corrected chi connectivity index (χ2v) is 9.84. The van der Waals surface area contributed by atoms with Gasteiger partial charge in [-0.3, -0.25) is 24.3 Å². The molecule has 1 saturated heterocycles. The lowest BCUT2D eigenvalue weighted by molar-refractivity contribution is -0.0867. The van der Waals surface area contributed by atoms with Gasteiger partial charge in [0, 0.05) is 37.1 Å². The lowest BCUT2D eigenvalue weighted by Crippen LogP contribution is -2.54. The van der Waals surface area contributed by atoms with Crippen LogP contribution in [-0.4, -0.2) is 87.6 Å². The number of nitrogens with one attached hydrogen (secondary N) is 2. The number of anilines is 1. The predicted octanol–water partition coefficient (Wildman–Crippen LogP) is 3.52. The number of fused-ring (bicyclic) bond motifs is 3. The Morgan fingerprint density at radius 2 is 2.06 bits per heavy atom. The summed E-state index contributed by atoms with van der Waals surface area (Å²) in [5, 5.41) is 20.4. The topological polar surface area (TPSA) is 80.3 Å². The van der Waals surface area contributed by atoms with Crippen molar-refractivity contribution in [1.29, 1.82) is 0 Å². The molecule has 0 spiro atoms. The molecule has 1 fully saturated rings. The van der Waals surface area contributed by atoms with Crippen LogP contribution in [0.1, 0.15) is 36.2 Å². The Kier molecular flexibility index (Phi) is 6.88. The molecule has 0 unspecified atom stereocenters. The van der Waals surface area contributed by atoms with Gasteiger partial charge in [-0.1, -0.05) is 6.07 Å². The Bertz CT molecular complexity index is 1210. The number of hydrogen-bond donors (Lipinski definition) is 3. The van der Waals surface area contributed by atoms with E-state index in [4.69, 9.17) is 0 Å². The molecule has 5 rings (SSSR count). The van der Waals surface area contributed by atoms with Crippen LogP contribution in [0.4, 0.5) is 23.2 Å². The summed E-state index contributed by atoms with van der Waals surface area (Å²) in [6.07, 6.45) is 4.20. The summed E-state index contributed by atoms with van der Waals surface area (Å²) < 4.78 is 56.7. The molecule has 2 atom stereocenters. The van der Waals surface area contributed by atoms with E-state index in [-0.39, 0.29) is 24.5 Å². The fourth-order valence-electron chi connectivity index (χ4n) is 5.38. The average Bonchev–Trinajstić information content (AvgIpc) is 3.31. The first-order valence-corrected chi connectivity index (χ1v) is 12.2. The number of hydrogen-bond acceptors (Lipinski definition) is 6. The van der Waals surface area contributed by atoms with Gasteiger partial charge < -0.3 is 10.4 Å². The molecular weight excluding hydrogens is 476 g/mol. The van der Waals surface area contributed by atoms with E-state index in [0.29, 0.717) is 30.6 Å². The molecule has 1 aromatic carbocycles. The zero-order chi connectivity index (χ0) is 25.4. The molecule has 4 heterocycles. The molecule has 3 aromatic rings. The van der Waals surface area contributed by atoms with Crippen LogP contribution in [0.2, 0.25) is 0 Å². The van der Waals surface area contributed by atoms with Crippen LogP contribution >= 0.6 is 0 Å². The van der Waals surface area contributed by atoms with Crippen molar-refractivity contribution in [2.45, 2.75) is 43.8 Å². The molecule has 0 amide bonds. The number of aromatic amines is 1. The third kappa shape index (κ3) is 4.79. The highest BCUT2D eigenvalue weighted by Crippen LogP contribution is 2.42. The highest BCUT2D eigenvalue weighted by atomic mass is 19.3. The van der Waals surface area contributed by atoms with E-state index in [9.17, 15) is 18.3 Å². The van der Waals surface area contributed by atoms with Crippen molar-refractivity contribution in [1.82, 2.24) is 25.0 Å². The Balaban J connectivity index is 1.45. The normalized spacial score (nSPS) is 21.5. The average molecular weight is 507 g/mol. The minimum absolute atomic E-state index is 0.0584. The SMILES string of the molecule is C[C@@H]1Cc2c(ccc3[nH]ncc23)[C@@H](c2ncc(NC3CN(CCCF)C3)cc2F)N1CC(F)(F)CO. The van der Waals surface area contributed by atoms with Gasteiger partial charge in [0.2, 0.25) is 0 Å². The maximum absolute atomic E-state index is 15.6. The molecule has 2 aliphatic heterocycles. The summed E-state index contributed by atoms with van der Waals surface area (Å²) >= 11 is 0. The molecule has 11 heteroatoms. The molecule has 36 heavy (non-hydrogen) atoms. The summed E-state index contributed by atoms with van der Waals surface area (Å²) in [4.78, 5) is 8.06. The van der Waals surface area contributed by atoms with Gasteiger partial charge in [0.25, 0.3) is 5.92 Å². The Labute approximate surface area is 206 Å². The lowest BCUT2D eigenvalue weighted by Gasteiger charge is -2.43. The molecule has 0 saturated carbocycles. The van der Waals surface area contributed by atoms with E-state index < -0.39 is 30.9 Å². The van der Waals surface area contributed by atoms with E-state index in [1.54, 1.807) is 6.20 Å².